The highest BCUT2D eigenvalue weighted by Crippen LogP contribution is 2.22. The van der Waals surface area contributed by atoms with Gasteiger partial charge in [-0.1, -0.05) is 23.7 Å². The van der Waals surface area contributed by atoms with Crippen molar-refractivity contribution < 1.29 is 9.53 Å². The van der Waals surface area contributed by atoms with Crippen LogP contribution in [0.2, 0.25) is 5.02 Å². The minimum absolute atomic E-state index is 0.0336. The van der Waals surface area contributed by atoms with Gasteiger partial charge in [0, 0.05) is 35.6 Å². The molecule has 1 amide bonds. The molecule has 1 aliphatic heterocycles. The van der Waals surface area contributed by atoms with E-state index >= 15 is 0 Å². The summed E-state index contributed by atoms with van der Waals surface area (Å²) in [5, 5.41) is 4.27. The molecule has 1 aromatic carbocycles. The third-order valence-corrected chi connectivity index (χ3v) is 5.12. The van der Waals surface area contributed by atoms with E-state index in [1.165, 1.54) is 16.9 Å². The third-order valence-electron chi connectivity index (χ3n) is 3.95. The van der Waals surface area contributed by atoms with Gasteiger partial charge >= 0.3 is 0 Å². The molecular formula is C18H22ClN3O2S. The maximum atomic E-state index is 12.3. The molecule has 7 heteroatoms. The van der Waals surface area contributed by atoms with Crippen molar-refractivity contribution >= 4 is 34.0 Å². The minimum atomic E-state index is -0.0336. The van der Waals surface area contributed by atoms with Crippen LogP contribution in [0.1, 0.15) is 24.3 Å². The van der Waals surface area contributed by atoms with Crippen LogP contribution >= 0.6 is 22.9 Å². The van der Waals surface area contributed by atoms with Crippen molar-refractivity contribution in [1.29, 1.82) is 0 Å². The molecule has 1 aromatic heterocycles. The molecule has 1 saturated heterocycles. The summed E-state index contributed by atoms with van der Waals surface area (Å²) in [6.45, 7) is 5.98. The van der Waals surface area contributed by atoms with Crippen molar-refractivity contribution in [3.63, 3.8) is 0 Å². The van der Waals surface area contributed by atoms with E-state index in [0.717, 1.165) is 29.4 Å². The number of ether oxygens (including phenoxy) is 1. The van der Waals surface area contributed by atoms with Crippen molar-refractivity contribution in [3.05, 3.63) is 45.9 Å². The zero-order chi connectivity index (χ0) is 17.8. The monoisotopic (exact) mass is 379 g/mol. The highest BCUT2D eigenvalue weighted by atomic mass is 35.5. The van der Waals surface area contributed by atoms with E-state index in [0.29, 0.717) is 11.7 Å². The Morgan fingerprint density at radius 2 is 2.00 bits per heavy atom. The Labute approximate surface area is 157 Å². The highest BCUT2D eigenvalue weighted by Gasteiger charge is 2.23. The van der Waals surface area contributed by atoms with Crippen molar-refractivity contribution in [1.82, 2.24) is 9.88 Å². The smallest absolute Gasteiger partial charge is 0.240 e. The molecule has 2 aromatic rings. The van der Waals surface area contributed by atoms with Gasteiger partial charge in [-0.2, -0.15) is 0 Å². The largest absolute Gasteiger partial charge is 0.373 e. The van der Waals surface area contributed by atoms with E-state index < -0.39 is 0 Å². The van der Waals surface area contributed by atoms with E-state index in [2.05, 4.69) is 15.2 Å². The lowest BCUT2D eigenvalue weighted by Gasteiger charge is -2.34. The minimum Gasteiger partial charge on any atom is -0.373 e. The first kappa shape index (κ1) is 18.3. The first-order valence-electron chi connectivity index (χ1n) is 8.35. The Kier molecular flexibility index (Phi) is 6.06. The summed E-state index contributed by atoms with van der Waals surface area (Å²) in [5.74, 6) is -0.0336. The molecular weight excluding hydrogens is 358 g/mol. The number of benzene rings is 1. The average molecular weight is 380 g/mol. The number of nitrogens with one attached hydrogen (secondary N) is 1. The van der Waals surface area contributed by atoms with Crippen LogP contribution in [-0.2, 0) is 16.0 Å². The quantitative estimate of drug-likeness (QED) is 0.864. The summed E-state index contributed by atoms with van der Waals surface area (Å²) in [4.78, 5) is 19.8. The van der Waals surface area contributed by atoms with Crippen molar-refractivity contribution in [2.75, 3.05) is 25.0 Å². The average Bonchev–Trinajstić information content (AvgIpc) is 2.95. The fraction of sp³-hybridized carbons (Fsp3) is 0.444. The number of nitrogens with zero attached hydrogens (tertiary/aromatic N) is 2. The topological polar surface area (TPSA) is 54.5 Å². The second-order valence-electron chi connectivity index (χ2n) is 6.43. The number of carbonyl (C=O) groups excluding carboxylic acids is 1. The normalized spacial score (nSPS) is 21.2. The lowest BCUT2D eigenvalue weighted by Crippen LogP contribution is -2.48. The van der Waals surface area contributed by atoms with Crippen LogP contribution in [0.4, 0.5) is 5.13 Å². The lowest BCUT2D eigenvalue weighted by molar-refractivity contribution is -0.121. The molecule has 0 spiro atoms. The lowest BCUT2D eigenvalue weighted by atomic mass is 10.1. The maximum absolute atomic E-state index is 12.3. The van der Waals surface area contributed by atoms with E-state index in [1.807, 2.05) is 44.3 Å². The van der Waals surface area contributed by atoms with Gasteiger partial charge in [-0.3, -0.25) is 9.69 Å². The number of hydrogen-bond donors (Lipinski definition) is 1. The van der Waals surface area contributed by atoms with Gasteiger partial charge < -0.3 is 10.1 Å². The second-order valence-corrected chi connectivity index (χ2v) is 7.99. The van der Waals surface area contributed by atoms with Crippen LogP contribution in [0.3, 0.4) is 0 Å². The van der Waals surface area contributed by atoms with Crippen LogP contribution in [0.25, 0.3) is 0 Å². The molecule has 0 bridgehead atoms. The Balaban J connectivity index is 1.52. The highest BCUT2D eigenvalue weighted by molar-refractivity contribution is 7.15. The van der Waals surface area contributed by atoms with E-state index in [9.17, 15) is 4.79 Å². The molecule has 134 valence electrons. The van der Waals surface area contributed by atoms with E-state index in [-0.39, 0.29) is 18.1 Å². The predicted octanol–water partition coefficient (Wildman–Crippen LogP) is 3.44. The third kappa shape index (κ3) is 5.51. The predicted molar refractivity (Wildman–Crippen MR) is 101 cm³/mol. The molecule has 2 heterocycles. The van der Waals surface area contributed by atoms with Crippen LogP contribution < -0.4 is 5.32 Å². The zero-order valence-corrected chi connectivity index (χ0v) is 15.9. The fourth-order valence-corrected chi connectivity index (χ4v) is 4.01. The van der Waals surface area contributed by atoms with Crippen LogP contribution in [0, 0.1) is 0 Å². The van der Waals surface area contributed by atoms with Gasteiger partial charge in [0.25, 0.3) is 0 Å². The van der Waals surface area contributed by atoms with Crippen LogP contribution in [0.15, 0.2) is 30.5 Å². The number of carbonyl (C=O) groups is 1. The summed E-state index contributed by atoms with van der Waals surface area (Å²) in [7, 11) is 0. The standard InChI is InChI=1S/C18H22ClN3O2S/c1-12-9-22(10-13(2)24-12)11-17(23)21-18-20-8-16(25-18)7-14-3-5-15(19)6-4-14/h3-6,8,12-13H,7,9-11H2,1-2H3,(H,20,21,23)/t12-,13-/m0/s1. The van der Waals surface area contributed by atoms with Crippen molar-refractivity contribution in [2.24, 2.45) is 0 Å². The van der Waals surface area contributed by atoms with E-state index in [4.69, 9.17) is 16.3 Å². The van der Waals surface area contributed by atoms with Crippen LogP contribution in [0.5, 0.6) is 0 Å². The number of aromatic nitrogens is 1. The summed E-state index contributed by atoms with van der Waals surface area (Å²) in [5.41, 5.74) is 1.17. The first-order chi connectivity index (χ1) is 12.0. The van der Waals surface area contributed by atoms with Crippen molar-refractivity contribution in [2.45, 2.75) is 32.5 Å². The fourth-order valence-electron chi connectivity index (χ4n) is 3.03. The summed E-state index contributed by atoms with van der Waals surface area (Å²) in [6.07, 6.45) is 2.90. The summed E-state index contributed by atoms with van der Waals surface area (Å²) >= 11 is 7.41. The maximum Gasteiger partial charge on any atom is 0.240 e. The van der Waals surface area contributed by atoms with Gasteiger partial charge in [-0.05, 0) is 31.5 Å². The Bertz CT molecular complexity index is 709. The molecule has 1 aliphatic rings. The number of hydrogen-bond acceptors (Lipinski definition) is 5. The molecule has 5 nitrogen and oxygen atoms in total. The van der Waals surface area contributed by atoms with Gasteiger partial charge in [0.15, 0.2) is 5.13 Å². The molecule has 0 radical (unpaired) electrons. The first-order valence-corrected chi connectivity index (χ1v) is 9.54. The Hall–Kier alpha value is -1.47. The molecule has 1 N–H and O–H groups in total. The molecule has 2 atom stereocenters. The molecule has 3 rings (SSSR count). The van der Waals surface area contributed by atoms with Gasteiger partial charge in [-0.15, -0.1) is 11.3 Å². The molecule has 25 heavy (non-hydrogen) atoms. The van der Waals surface area contributed by atoms with Gasteiger partial charge in [0.05, 0.1) is 18.8 Å². The van der Waals surface area contributed by atoms with E-state index in [1.54, 1.807) is 0 Å². The molecule has 1 fully saturated rings. The van der Waals surface area contributed by atoms with Gasteiger partial charge in [0.2, 0.25) is 5.91 Å². The van der Waals surface area contributed by atoms with Gasteiger partial charge in [0.1, 0.15) is 0 Å². The van der Waals surface area contributed by atoms with Gasteiger partial charge in [-0.25, -0.2) is 4.98 Å². The molecule has 0 aliphatic carbocycles. The number of amides is 1. The number of rotatable bonds is 5. The zero-order valence-electron chi connectivity index (χ0n) is 14.4. The number of halogens is 1. The summed E-state index contributed by atoms with van der Waals surface area (Å²) in [6, 6.07) is 7.76. The second kappa shape index (κ2) is 8.27. The van der Waals surface area contributed by atoms with Crippen molar-refractivity contribution in [3.8, 4) is 0 Å². The Morgan fingerprint density at radius 3 is 2.68 bits per heavy atom. The number of thiazole rings is 1. The number of morpholine rings is 1. The molecule has 0 unspecified atom stereocenters. The Morgan fingerprint density at radius 1 is 1.32 bits per heavy atom. The molecule has 0 saturated carbocycles. The van der Waals surface area contributed by atoms with Crippen LogP contribution in [-0.4, -0.2) is 47.6 Å². The number of anilines is 1. The summed E-state index contributed by atoms with van der Waals surface area (Å²) < 4.78 is 5.69. The SMILES string of the molecule is C[C@H]1CN(CC(=O)Nc2ncc(Cc3ccc(Cl)cc3)s2)C[C@H](C)O1.